The Hall–Kier alpha value is -1.20. The van der Waals surface area contributed by atoms with Crippen molar-refractivity contribution in [2.45, 2.75) is 61.7 Å². The number of rotatable bonds is 16. The minimum Gasteiger partial charge on any atom is -0.306 e. The van der Waals surface area contributed by atoms with Crippen molar-refractivity contribution in [2.75, 3.05) is 44.7 Å². The van der Waals surface area contributed by atoms with Crippen LogP contribution in [-0.2, 0) is 20.0 Å². The van der Waals surface area contributed by atoms with Crippen LogP contribution in [0.1, 0.15) is 25.7 Å². The molecule has 40 heavy (non-hydrogen) atoms. The third-order valence-electron chi connectivity index (χ3n) is 5.31. The molecule has 0 bridgehead atoms. The lowest BCUT2D eigenvalue weighted by Crippen LogP contribution is -2.54. The van der Waals surface area contributed by atoms with E-state index >= 15 is 0 Å². The fourth-order valence-electron chi connectivity index (χ4n) is 2.85. The third-order valence-corrected chi connectivity index (χ3v) is 8.08. The second-order valence-corrected chi connectivity index (χ2v) is 12.4. The second-order valence-electron chi connectivity index (χ2n) is 8.53. The van der Waals surface area contributed by atoms with Gasteiger partial charge < -0.3 is 4.90 Å². The van der Waals surface area contributed by atoms with Gasteiger partial charge in [-0.25, -0.2) is 35.1 Å². The molecule has 0 saturated heterocycles. The minimum atomic E-state index is -6.42. The van der Waals surface area contributed by atoms with Crippen molar-refractivity contribution in [2.24, 2.45) is 0 Å². The largest absolute Gasteiger partial charge is 0.431 e. The van der Waals surface area contributed by atoms with Gasteiger partial charge in [-0.15, -0.1) is 0 Å². The summed E-state index contributed by atoms with van der Waals surface area (Å²) in [6.07, 6.45) is -30.7. The molecule has 0 aromatic rings. The summed E-state index contributed by atoms with van der Waals surface area (Å²) in [7, 11) is -8.13. The molecule has 242 valence electrons. The van der Waals surface area contributed by atoms with E-state index in [1.807, 2.05) is 0 Å². The monoisotopic (exact) mass is 665 g/mol. The van der Waals surface area contributed by atoms with E-state index in [2.05, 4.69) is 0 Å². The van der Waals surface area contributed by atoms with Gasteiger partial charge in [-0.1, -0.05) is 0 Å². The van der Waals surface area contributed by atoms with Gasteiger partial charge in [0.2, 0.25) is 20.0 Å². The topological polar surface area (TPSA) is 95.6 Å². The van der Waals surface area contributed by atoms with E-state index in [4.69, 9.17) is 0 Å². The molecule has 0 unspecified atom stereocenters. The first kappa shape index (κ1) is 38.8. The first-order chi connectivity index (χ1) is 17.5. The number of hydrogen-bond donors (Lipinski definition) is 2. The Morgan fingerprint density at radius 1 is 0.525 bits per heavy atom. The fourth-order valence-corrected chi connectivity index (χ4v) is 5.15. The summed E-state index contributed by atoms with van der Waals surface area (Å²) in [5.41, 5.74) is -11.5. The van der Waals surface area contributed by atoms with Gasteiger partial charge in [0.1, 0.15) is 0 Å². The number of halogens is 14. The van der Waals surface area contributed by atoms with Crippen LogP contribution in [0.25, 0.3) is 0 Å². The lowest BCUT2D eigenvalue weighted by atomic mass is 10.0. The molecule has 0 rings (SSSR count). The number of nitrogens with one attached hydrogen (secondary N) is 2. The van der Waals surface area contributed by atoms with Crippen LogP contribution in [0.3, 0.4) is 0 Å². The van der Waals surface area contributed by atoms with Crippen LogP contribution >= 0.6 is 0 Å². The van der Waals surface area contributed by atoms with Gasteiger partial charge in [-0.2, -0.15) is 52.7 Å². The molecule has 0 radical (unpaired) electrons. The van der Waals surface area contributed by atoms with Gasteiger partial charge in [0, 0.05) is 25.9 Å². The standard InChI is InChI=1S/C17H25F14N3O4S2/c1-34(8-2-6-32-39(35,36)10-4-12(18,14(20,21)22)15(23,24)25)9-3-7-33-40(37,38)11-5-13(19,16(26,27)28)17(29,30)31/h32-33H,2-11H2,1H3. The predicted molar refractivity (Wildman–Crippen MR) is 111 cm³/mol. The zero-order valence-corrected chi connectivity index (χ0v) is 21.9. The summed E-state index contributed by atoms with van der Waals surface area (Å²) < 4.78 is 227. The molecule has 0 atom stereocenters. The molecule has 0 aromatic carbocycles. The summed E-state index contributed by atoms with van der Waals surface area (Å²) in [6, 6.07) is 0. The number of sulfonamides is 2. The molecule has 0 amide bonds. The molecular weight excluding hydrogens is 640 g/mol. The molecule has 0 saturated carbocycles. The Labute approximate surface area is 219 Å². The summed E-state index contributed by atoms with van der Waals surface area (Å²) in [6.45, 7) is -0.982. The molecule has 0 spiro atoms. The van der Waals surface area contributed by atoms with E-state index < -0.39 is 93.5 Å². The Kier molecular flexibility index (Phi) is 13.0. The van der Waals surface area contributed by atoms with Crippen molar-refractivity contribution in [3.8, 4) is 0 Å². The maximum Gasteiger partial charge on any atom is 0.431 e. The molecule has 2 N–H and O–H groups in total. The highest BCUT2D eigenvalue weighted by Gasteiger charge is 2.73. The lowest BCUT2D eigenvalue weighted by Gasteiger charge is -2.29. The average molecular weight is 666 g/mol. The van der Waals surface area contributed by atoms with E-state index in [0.717, 1.165) is 0 Å². The van der Waals surface area contributed by atoms with Crippen LogP contribution in [0.15, 0.2) is 0 Å². The first-order valence-electron chi connectivity index (χ1n) is 10.8. The predicted octanol–water partition coefficient (Wildman–Crippen LogP) is 3.98. The van der Waals surface area contributed by atoms with Gasteiger partial charge in [-0.3, -0.25) is 0 Å². The highest BCUT2D eigenvalue weighted by Crippen LogP contribution is 2.49. The summed E-state index contributed by atoms with van der Waals surface area (Å²) >= 11 is 0. The maximum absolute atomic E-state index is 13.5. The van der Waals surface area contributed by atoms with E-state index in [0.29, 0.717) is 0 Å². The van der Waals surface area contributed by atoms with Crippen molar-refractivity contribution < 1.29 is 78.3 Å². The summed E-state index contributed by atoms with van der Waals surface area (Å²) in [5.74, 6) is -3.68. The molecular formula is C17H25F14N3O4S2. The quantitative estimate of drug-likeness (QED) is 0.192. The van der Waals surface area contributed by atoms with Crippen molar-refractivity contribution in [3.05, 3.63) is 0 Å². The smallest absolute Gasteiger partial charge is 0.306 e. The van der Waals surface area contributed by atoms with Crippen molar-refractivity contribution in [3.63, 3.8) is 0 Å². The third kappa shape index (κ3) is 11.2. The summed E-state index contributed by atoms with van der Waals surface area (Å²) in [5, 5.41) is 0. The lowest BCUT2D eigenvalue weighted by molar-refractivity contribution is -0.342. The van der Waals surface area contributed by atoms with E-state index in [9.17, 15) is 78.3 Å². The van der Waals surface area contributed by atoms with Crippen LogP contribution in [0.5, 0.6) is 0 Å². The van der Waals surface area contributed by atoms with Gasteiger partial charge in [0.25, 0.3) is 11.3 Å². The first-order valence-corrected chi connectivity index (χ1v) is 14.1. The normalized spacial score (nSPS) is 15.2. The number of hydrogen-bond acceptors (Lipinski definition) is 5. The minimum absolute atomic E-state index is 0.00889. The fraction of sp³-hybridized carbons (Fsp3) is 1.00. The molecule has 0 aliphatic heterocycles. The van der Waals surface area contributed by atoms with E-state index in [1.165, 1.54) is 11.9 Å². The Balaban J connectivity index is 4.55. The van der Waals surface area contributed by atoms with E-state index in [-0.39, 0.29) is 25.9 Å². The van der Waals surface area contributed by atoms with Gasteiger partial charge >= 0.3 is 24.7 Å². The molecule has 0 aromatic heterocycles. The van der Waals surface area contributed by atoms with Gasteiger partial charge in [0.05, 0.1) is 11.5 Å². The van der Waals surface area contributed by atoms with Crippen molar-refractivity contribution >= 4 is 20.0 Å². The van der Waals surface area contributed by atoms with Crippen molar-refractivity contribution in [1.82, 2.24) is 14.3 Å². The molecule has 0 aliphatic rings. The van der Waals surface area contributed by atoms with Crippen LogP contribution < -0.4 is 9.44 Å². The average Bonchev–Trinajstić information content (AvgIpc) is 2.73. The van der Waals surface area contributed by atoms with E-state index in [1.54, 1.807) is 9.44 Å². The SMILES string of the molecule is CN(CCCNS(=O)(=O)CCC(F)(C(F)(F)F)C(F)(F)F)CCCNS(=O)(=O)CCC(F)(C(F)(F)F)C(F)(F)F. The number of alkyl halides is 14. The van der Waals surface area contributed by atoms with Gasteiger partial charge in [-0.05, 0) is 33.0 Å². The molecule has 0 heterocycles. The molecule has 0 fully saturated rings. The van der Waals surface area contributed by atoms with Crippen LogP contribution in [0.2, 0.25) is 0 Å². The second kappa shape index (κ2) is 13.4. The molecule has 7 nitrogen and oxygen atoms in total. The molecule has 0 aliphatic carbocycles. The maximum atomic E-state index is 13.5. The summed E-state index contributed by atoms with van der Waals surface area (Å²) in [4.78, 5) is 1.41. The van der Waals surface area contributed by atoms with Crippen LogP contribution in [0.4, 0.5) is 61.5 Å². The Morgan fingerprint density at radius 3 is 1.00 bits per heavy atom. The van der Waals surface area contributed by atoms with Crippen molar-refractivity contribution in [1.29, 1.82) is 0 Å². The Bertz CT molecular complexity index is 900. The zero-order chi connectivity index (χ0) is 32.1. The zero-order valence-electron chi connectivity index (χ0n) is 20.3. The highest BCUT2D eigenvalue weighted by atomic mass is 32.2. The number of nitrogens with zero attached hydrogens (tertiary/aromatic N) is 1. The van der Waals surface area contributed by atoms with Crippen LogP contribution in [-0.4, -0.2) is 103 Å². The van der Waals surface area contributed by atoms with Crippen LogP contribution in [0, 0.1) is 0 Å². The van der Waals surface area contributed by atoms with Gasteiger partial charge in [0.15, 0.2) is 0 Å². The molecule has 23 heteroatoms. The highest BCUT2D eigenvalue weighted by molar-refractivity contribution is 7.89. The Morgan fingerprint density at radius 2 is 0.775 bits per heavy atom.